The van der Waals surface area contributed by atoms with Crippen LogP contribution in [0.1, 0.15) is 25.7 Å². The average Bonchev–Trinajstić information content (AvgIpc) is 1.92. The van der Waals surface area contributed by atoms with E-state index in [1.807, 2.05) is 0 Å². The summed E-state index contributed by atoms with van der Waals surface area (Å²) in [7, 11) is -5.17. The molecule has 1 rings (SSSR count). The van der Waals surface area contributed by atoms with Crippen molar-refractivity contribution >= 4 is 10.4 Å². The standard InChI is InChI=1S/C6H14N2.H2O4S.Pt/c7-5-3-1-2-4-6(5)8;1-5(2,3)4;/h5-6H,1-4,7-8H2;(H2,1,2,3,4);/q;;+2/p-2/t5-,6-;;/m1../s1. The van der Waals surface area contributed by atoms with Gasteiger partial charge in [-0.2, -0.15) is 0 Å². The summed E-state index contributed by atoms with van der Waals surface area (Å²) in [5, 5.41) is 0. The molecular formula is C6H14N2O4PtS. The smallest absolute Gasteiger partial charge is 0.759 e. The average molecular weight is 405 g/mol. The summed E-state index contributed by atoms with van der Waals surface area (Å²) in [4.78, 5) is 0. The fraction of sp³-hybridized carbons (Fsp3) is 1.00. The second-order valence-electron chi connectivity index (χ2n) is 3.02. The fourth-order valence-corrected chi connectivity index (χ4v) is 1.19. The topological polar surface area (TPSA) is 132 Å². The predicted octanol–water partition coefficient (Wildman–Crippen LogP) is -1.13. The molecule has 0 aliphatic heterocycles. The van der Waals surface area contributed by atoms with Crippen molar-refractivity contribution in [2.45, 2.75) is 37.8 Å². The molecule has 0 aromatic heterocycles. The third-order valence-electron chi connectivity index (χ3n) is 1.87. The molecule has 88 valence electrons. The van der Waals surface area contributed by atoms with Gasteiger partial charge in [-0.1, -0.05) is 12.8 Å². The largest absolute Gasteiger partial charge is 2.00 e. The third kappa shape index (κ3) is 12.5. The van der Waals surface area contributed by atoms with Gasteiger partial charge in [-0.15, -0.1) is 0 Å². The first-order chi connectivity index (χ1) is 5.80. The van der Waals surface area contributed by atoms with Crippen LogP contribution in [0.15, 0.2) is 0 Å². The first kappa shape index (κ1) is 16.9. The van der Waals surface area contributed by atoms with Crippen LogP contribution in [0.2, 0.25) is 0 Å². The monoisotopic (exact) mass is 405 g/mol. The molecule has 0 aromatic carbocycles. The van der Waals surface area contributed by atoms with Crippen molar-refractivity contribution in [2.75, 3.05) is 0 Å². The van der Waals surface area contributed by atoms with Crippen molar-refractivity contribution in [2.24, 2.45) is 11.5 Å². The van der Waals surface area contributed by atoms with Crippen LogP contribution in [0.3, 0.4) is 0 Å². The molecule has 0 aromatic rings. The molecule has 14 heavy (non-hydrogen) atoms. The van der Waals surface area contributed by atoms with Crippen LogP contribution in [0.25, 0.3) is 0 Å². The number of nitrogens with two attached hydrogens (primary N) is 2. The van der Waals surface area contributed by atoms with Crippen molar-refractivity contribution in [1.82, 2.24) is 0 Å². The van der Waals surface area contributed by atoms with E-state index < -0.39 is 10.4 Å². The Balaban J connectivity index is 0. The van der Waals surface area contributed by atoms with Crippen LogP contribution >= 0.6 is 0 Å². The van der Waals surface area contributed by atoms with Crippen LogP contribution in [-0.4, -0.2) is 29.6 Å². The Bertz CT molecular complexity index is 216. The van der Waals surface area contributed by atoms with Crippen LogP contribution in [0.4, 0.5) is 0 Å². The van der Waals surface area contributed by atoms with Crippen molar-refractivity contribution in [3.05, 3.63) is 0 Å². The van der Waals surface area contributed by atoms with Gasteiger partial charge in [-0.3, -0.25) is 8.42 Å². The molecule has 0 amide bonds. The van der Waals surface area contributed by atoms with Crippen molar-refractivity contribution in [1.29, 1.82) is 0 Å². The van der Waals surface area contributed by atoms with Gasteiger partial charge in [0.25, 0.3) is 0 Å². The van der Waals surface area contributed by atoms with E-state index in [0.29, 0.717) is 0 Å². The number of hydrogen-bond acceptors (Lipinski definition) is 6. The van der Waals surface area contributed by atoms with Gasteiger partial charge in [-0.05, 0) is 12.8 Å². The molecule has 1 saturated carbocycles. The Morgan fingerprint density at radius 3 is 1.36 bits per heavy atom. The number of hydrogen-bond donors (Lipinski definition) is 2. The Morgan fingerprint density at radius 1 is 1.00 bits per heavy atom. The predicted molar refractivity (Wildman–Crippen MR) is 44.9 cm³/mol. The summed E-state index contributed by atoms with van der Waals surface area (Å²) in [5.41, 5.74) is 11.3. The molecule has 4 N–H and O–H groups in total. The molecule has 6 nitrogen and oxygen atoms in total. The van der Waals surface area contributed by atoms with Crippen LogP contribution in [-0.2, 0) is 31.5 Å². The van der Waals surface area contributed by atoms with Gasteiger partial charge in [0, 0.05) is 22.5 Å². The molecule has 0 heterocycles. The van der Waals surface area contributed by atoms with E-state index in [1.165, 1.54) is 12.8 Å². The maximum absolute atomic E-state index is 8.52. The van der Waals surface area contributed by atoms with Crippen LogP contribution in [0, 0.1) is 0 Å². The summed E-state index contributed by atoms with van der Waals surface area (Å²) >= 11 is 0. The van der Waals surface area contributed by atoms with Gasteiger partial charge in [0.05, 0.1) is 0 Å². The molecular weight excluding hydrogens is 391 g/mol. The van der Waals surface area contributed by atoms with E-state index in [9.17, 15) is 0 Å². The molecule has 0 spiro atoms. The van der Waals surface area contributed by atoms with E-state index in [1.54, 1.807) is 0 Å². The summed E-state index contributed by atoms with van der Waals surface area (Å²) in [6.45, 7) is 0. The van der Waals surface area contributed by atoms with Crippen molar-refractivity contribution in [3.8, 4) is 0 Å². The first-order valence-electron chi connectivity index (χ1n) is 3.98. The van der Waals surface area contributed by atoms with E-state index in [4.69, 9.17) is 29.0 Å². The van der Waals surface area contributed by atoms with Gasteiger partial charge in [0.1, 0.15) is 0 Å². The Labute approximate surface area is 98.3 Å². The second-order valence-corrected chi connectivity index (χ2v) is 3.84. The summed E-state index contributed by atoms with van der Waals surface area (Å²) in [6.07, 6.45) is 4.80. The molecule has 0 unspecified atom stereocenters. The van der Waals surface area contributed by atoms with Gasteiger partial charge in [0.2, 0.25) is 0 Å². The minimum atomic E-state index is -5.17. The van der Waals surface area contributed by atoms with Gasteiger partial charge >= 0.3 is 21.1 Å². The molecule has 0 radical (unpaired) electrons. The Hall–Kier alpha value is 0.478. The summed E-state index contributed by atoms with van der Waals surface area (Å²) < 4.78 is 34.1. The van der Waals surface area contributed by atoms with Gasteiger partial charge < -0.3 is 20.6 Å². The second kappa shape index (κ2) is 7.73. The zero-order valence-corrected chi connectivity index (χ0v) is 10.6. The van der Waals surface area contributed by atoms with Crippen LogP contribution < -0.4 is 11.5 Å². The zero-order chi connectivity index (χ0) is 10.5. The fourth-order valence-electron chi connectivity index (χ4n) is 1.19. The zero-order valence-electron chi connectivity index (χ0n) is 7.50. The SMILES string of the molecule is N[C@@H]1CCCC[C@H]1N.O=S(=O)([O-])[O-].[Pt+2]. The number of rotatable bonds is 0. The maximum Gasteiger partial charge on any atom is 2.00 e. The van der Waals surface area contributed by atoms with Crippen LogP contribution in [0.5, 0.6) is 0 Å². The molecule has 1 fully saturated rings. The quantitative estimate of drug-likeness (QED) is 0.387. The molecule has 1 aliphatic carbocycles. The normalized spacial score (nSPS) is 26.9. The molecule has 8 heteroatoms. The molecule has 2 atom stereocenters. The molecule has 0 saturated heterocycles. The van der Waals surface area contributed by atoms with E-state index >= 15 is 0 Å². The van der Waals surface area contributed by atoms with Crippen molar-refractivity contribution in [3.63, 3.8) is 0 Å². The summed E-state index contributed by atoms with van der Waals surface area (Å²) in [5.74, 6) is 0. The van der Waals surface area contributed by atoms with E-state index in [-0.39, 0.29) is 33.1 Å². The Morgan fingerprint density at radius 2 is 1.21 bits per heavy atom. The minimum Gasteiger partial charge on any atom is -0.759 e. The Kier molecular flexibility index (Phi) is 9.33. The molecule has 1 aliphatic rings. The summed E-state index contributed by atoms with van der Waals surface area (Å²) in [6, 6.07) is 0.562. The minimum absolute atomic E-state index is 0. The van der Waals surface area contributed by atoms with E-state index in [0.717, 1.165) is 12.8 Å². The first-order valence-corrected chi connectivity index (χ1v) is 5.32. The molecule has 0 bridgehead atoms. The third-order valence-corrected chi connectivity index (χ3v) is 1.87. The van der Waals surface area contributed by atoms with Gasteiger partial charge in [0.15, 0.2) is 0 Å². The van der Waals surface area contributed by atoms with Crippen molar-refractivity contribution < 1.29 is 38.6 Å². The van der Waals surface area contributed by atoms with E-state index in [2.05, 4.69) is 0 Å². The maximum atomic E-state index is 8.52. The van der Waals surface area contributed by atoms with Gasteiger partial charge in [-0.25, -0.2) is 0 Å².